The molecule has 0 aromatic heterocycles. The summed E-state index contributed by atoms with van der Waals surface area (Å²) < 4.78 is 11.7. The van der Waals surface area contributed by atoms with Crippen molar-refractivity contribution in [1.29, 1.82) is 0 Å². The first-order valence-corrected chi connectivity index (χ1v) is 7.90. The SMILES string of the molecule is C[C@@H]1CCOC(=O)[C@@]2(c3ccccc3)OC(C)(C)[C@@H]2CC1. The highest BCUT2D eigenvalue weighted by Crippen LogP contribution is 2.56. The van der Waals surface area contributed by atoms with Crippen molar-refractivity contribution < 1.29 is 14.3 Å². The van der Waals surface area contributed by atoms with Crippen LogP contribution in [0.4, 0.5) is 0 Å². The van der Waals surface area contributed by atoms with Crippen molar-refractivity contribution in [3.63, 3.8) is 0 Å². The summed E-state index contributed by atoms with van der Waals surface area (Å²) in [5, 5.41) is 0. The van der Waals surface area contributed by atoms with E-state index in [9.17, 15) is 4.79 Å². The standard InChI is InChI=1S/C18H24O3/c1-13-9-10-15-17(2,3)21-18(15,16(19)20-12-11-13)14-7-5-4-6-8-14/h4-8,13,15H,9-12H2,1-3H3/t13-,15-,18-/m0/s1. The maximum atomic E-state index is 12.8. The van der Waals surface area contributed by atoms with Gasteiger partial charge >= 0.3 is 5.97 Å². The van der Waals surface area contributed by atoms with Crippen LogP contribution in [0.2, 0.25) is 0 Å². The number of cyclic esters (lactones) is 1. The molecule has 3 rings (SSSR count). The number of carbonyl (C=O) groups excluding carboxylic acids is 1. The van der Waals surface area contributed by atoms with Crippen molar-refractivity contribution in [3.05, 3.63) is 35.9 Å². The Morgan fingerprint density at radius 3 is 2.48 bits per heavy atom. The average molecular weight is 288 g/mol. The fourth-order valence-electron chi connectivity index (χ4n) is 3.84. The smallest absolute Gasteiger partial charge is 0.343 e. The lowest BCUT2D eigenvalue weighted by atomic mass is 9.64. The molecular formula is C18H24O3. The van der Waals surface area contributed by atoms with Crippen LogP contribution < -0.4 is 0 Å². The Morgan fingerprint density at radius 1 is 1.10 bits per heavy atom. The average Bonchev–Trinajstić information content (AvgIpc) is 2.49. The van der Waals surface area contributed by atoms with Crippen LogP contribution in [0.3, 0.4) is 0 Å². The largest absolute Gasteiger partial charge is 0.463 e. The van der Waals surface area contributed by atoms with E-state index in [0.29, 0.717) is 12.5 Å². The molecule has 0 unspecified atom stereocenters. The second kappa shape index (κ2) is 5.13. The van der Waals surface area contributed by atoms with Gasteiger partial charge in [0.05, 0.1) is 12.2 Å². The topological polar surface area (TPSA) is 35.5 Å². The molecule has 0 N–H and O–H groups in total. The van der Waals surface area contributed by atoms with Gasteiger partial charge in [-0.15, -0.1) is 0 Å². The highest BCUT2D eigenvalue weighted by atomic mass is 16.6. The molecule has 3 atom stereocenters. The number of rotatable bonds is 1. The van der Waals surface area contributed by atoms with E-state index in [1.54, 1.807) is 0 Å². The minimum atomic E-state index is -0.908. The Balaban J connectivity index is 2.02. The molecular weight excluding hydrogens is 264 g/mol. The molecule has 114 valence electrons. The summed E-state index contributed by atoms with van der Waals surface area (Å²) in [6, 6.07) is 9.83. The number of hydrogen-bond acceptors (Lipinski definition) is 3. The fraction of sp³-hybridized carbons (Fsp3) is 0.611. The molecule has 0 bridgehead atoms. The van der Waals surface area contributed by atoms with E-state index in [4.69, 9.17) is 9.47 Å². The molecule has 0 spiro atoms. The first-order valence-electron chi connectivity index (χ1n) is 7.90. The first kappa shape index (κ1) is 14.6. The second-order valence-electron chi connectivity index (χ2n) is 6.97. The number of carbonyl (C=O) groups is 1. The van der Waals surface area contributed by atoms with Crippen molar-refractivity contribution in [2.45, 2.75) is 51.2 Å². The summed E-state index contributed by atoms with van der Waals surface area (Å²) in [6.07, 6.45) is 3.05. The van der Waals surface area contributed by atoms with Gasteiger partial charge in [-0.1, -0.05) is 43.7 Å². The third-order valence-electron chi connectivity index (χ3n) is 5.05. The summed E-state index contributed by atoms with van der Waals surface area (Å²) >= 11 is 0. The van der Waals surface area contributed by atoms with Gasteiger partial charge in [-0.2, -0.15) is 0 Å². The third-order valence-corrected chi connectivity index (χ3v) is 5.05. The van der Waals surface area contributed by atoms with Gasteiger partial charge in [0.15, 0.2) is 5.60 Å². The minimum Gasteiger partial charge on any atom is -0.463 e. The molecule has 3 nitrogen and oxygen atoms in total. The van der Waals surface area contributed by atoms with Gasteiger partial charge in [-0.05, 0) is 38.2 Å². The molecule has 1 aromatic carbocycles. The summed E-state index contributed by atoms with van der Waals surface area (Å²) in [4.78, 5) is 12.8. The van der Waals surface area contributed by atoms with Gasteiger partial charge in [0.1, 0.15) is 0 Å². The van der Waals surface area contributed by atoms with Gasteiger partial charge in [0, 0.05) is 5.92 Å². The van der Waals surface area contributed by atoms with E-state index in [-0.39, 0.29) is 17.5 Å². The molecule has 1 aromatic rings. The lowest BCUT2D eigenvalue weighted by Crippen LogP contribution is -2.67. The Labute approximate surface area is 126 Å². The van der Waals surface area contributed by atoms with Crippen molar-refractivity contribution in [2.24, 2.45) is 11.8 Å². The number of esters is 1. The molecule has 2 aliphatic heterocycles. The van der Waals surface area contributed by atoms with Gasteiger partial charge in [-0.3, -0.25) is 0 Å². The van der Waals surface area contributed by atoms with Crippen LogP contribution >= 0.6 is 0 Å². The Kier molecular flexibility index (Phi) is 3.56. The van der Waals surface area contributed by atoms with Crippen molar-refractivity contribution >= 4 is 5.97 Å². The molecule has 2 fully saturated rings. The molecule has 0 aliphatic carbocycles. The number of hydrogen-bond donors (Lipinski definition) is 0. The van der Waals surface area contributed by atoms with Gasteiger partial charge in [-0.25, -0.2) is 4.79 Å². The zero-order valence-corrected chi connectivity index (χ0v) is 13.1. The predicted octanol–water partition coefficient (Wildman–Crippen LogP) is 3.67. The molecule has 0 radical (unpaired) electrons. The normalized spacial score (nSPS) is 35.5. The summed E-state index contributed by atoms with van der Waals surface area (Å²) in [5.41, 5.74) is -0.262. The van der Waals surface area contributed by atoms with E-state index < -0.39 is 5.60 Å². The quantitative estimate of drug-likeness (QED) is 0.740. The first-order chi connectivity index (χ1) is 9.97. The monoisotopic (exact) mass is 288 g/mol. The zero-order valence-electron chi connectivity index (χ0n) is 13.1. The molecule has 2 saturated heterocycles. The van der Waals surface area contributed by atoms with E-state index >= 15 is 0 Å². The Hall–Kier alpha value is -1.35. The van der Waals surface area contributed by atoms with E-state index in [0.717, 1.165) is 24.8 Å². The van der Waals surface area contributed by atoms with Crippen molar-refractivity contribution in [3.8, 4) is 0 Å². The maximum absolute atomic E-state index is 12.8. The van der Waals surface area contributed by atoms with Crippen LogP contribution in [-0.2, 0) is 19.9 Å². The molecule has 0 amide bonds. The lowest BCUT2D eigenvalue weighted by Gasteiger charge is -2.58. The second-order valence-corrected chi connectivity index (χ2v) is 6.97. The highest BCUT2D eigenvalue weighted by molar-refractivity contribution is 5.83. The van der Waals surface area contributed by atoms with Crippen LogP contribution in [-0.4, -0.2) is 18.2 Å². The van der Waals surface area contributed by atoms with Crippen LogP contribution in [0.5, 0.6) is 0 Å². The number of benzene rings is 1. The molecule has 0 saturated carbocycles. The van der Waals surface area contributed by atoms with Crippen LogP contribution in [0.15, 0.2) is 30.3 Å². The minimum absolute atomic E-state index is 0.167. The van der Waals surface area contributed by atoms with E-state index in [1.807, 2.05) is 30.3 Å². The van der Waals surface area contributed by atoms with Gasteiger partial charge in [0.2, 0.25) is 0 Å². The zero-order chi connectivity index (χ0) is 15.1. The summed E-state index contributed by atoms with van der Waals surface area (Å²) in [5.74, 6) is 0.536. The van der Waals surface area contributed by atoms with Crippen LogP contribution in [0, 0.1) is 11.8 Å². The Morgan fingerprint density at radius 2 is 1.81 bits per heavy atom. The molecule has 3 heteroatoms. The fourth-order valence-corrected chi connectivity index (χ4v) is 3.84. The molecule has 2 aliphatic rings. The van der Waals surface area contributed by atoms with Crippen molar-refractivity contribution in [2.75, 3.05) is 6.61 Å². The molecule has 2 heterocycles. The number of fused-ring (bicyclic) bond motifs is 1. The lowest BCUT2D eigenvalue weighted by molar-refractivity contribution is -0.313. The highest BCUT2D eigenvalue weighted by Gasteiger charge is 2.66. The van der Waals surface area contributed by atoms with Crippen molar-refractivity contribution in [1.82, 2.24) is 0 Å². The summed E-state index contributed by atoms with van der Waals surface area (Å²) in [7, 11) is 0. The summed E-state index contributed by atoms with van der Waals surface area (Å²) in [6.45, 7) is 6.88. The van der Waals surface area contributed by atoms with Gasteiger partial charge < -0.3 is 9.47 Å². The third kappa shape index (κ3) is 2.28. The number of ether oxygens (including phenoxy) is 2. The Bertz CT molecular complexity index is 523. The van der Waals surface area contributed by atoms with Crippen LogP contribution in [0.1, 0.15) is 45.6 Å². The van der Waals surface area contributed by atoms with E-state index in [1.165, 1.54) is 0 Å². The van der Waals surface area contributed by atoms with E-state index in [2.05, 4.69) is 20.8 Å². The van der Waals surface area contributed by atoms with Crippen LogP contribution in [0.25, 0.3) is 0 Å². The predicted molar refractivity (Wildman–Crippen MR) is 80.7 cm³/mol. The maximum Gasteiger partial charge on any atom is 0.343 e. The van der Waals surface area contributed by atoms with Gasteiger partial charge in [0.25, 0.3) is 0 Å². The molecule has 21 heavy (non-hydrogen) atoms.